The Morgan fingerprint density at radius 2 is 1.42 bits per heavy atom. The number of nitrogens with one attached hydrogen (secondary N) is 4. The van der Waals surface area contributed by atoms with Crippen LogP contribution in [-0.2, 0) is 0 Å². The molecule has 0 rings (SSSR count). The predicted molar refractivity (Wildman–Crippen MR) is 55.8 cm³/mol. The summed E-state index contributed by atoms with van der Waals surface area (Å²) in [5.74, 6) is 0.673. The third-order valence-electron chi connectivity index (χ3n) is 1.90. The van der Waals surface area contributed by atoms with Crippen LogP contribution < -0.4 is 19.9 Å². The quantitative estimate of drug-likeness (QED) is 0.420. The summed E-state index contributed by atoms with van der Waals surface area (Å²) in [4.78, 5) is 13.3. The molecule has 4 N–H and O–H groups in total. The lowest BCUT2D eigenvalue weighted by Gasteiger charge is -2.30. The summed E-state index contributed by atoms with van der Waals surface area (Å²) >= 11 is 0. The maximum Gasteiger partial charge on any atom is 0.365 e. The highest BCUT2D eigenvalue weighted by Crippen LogP contribution is 1.89. The van der Waals surface area contributed by atoms with Gasteiger partial charge in [0.15, 0.2) is 0 Å². The number of hydrogen-bond donors (Lipinski definition) is 4. The van der Waals surface area contributed by atoms with Crippen molar-refractivity contribution in [2.24, 2.45) is 5.92 Å². The molecule has 0 aliphatic rings. The number of rotatable bonds is 6. The molecule has 0 aliphatic carbocycles. The Balaban J connectivity index is 3.93. The normalized spacial score (nSPS) is 12.5. The molecule has 0 unspecified atom stereocenters. The van der Waals surface area contributed by atoms with Crippen LogP contribution >= 0.6 is 0 Å². The van der Waals surface area contributed by atoms with Crippen molar-refractivity contribution in [1.82, 2.24) is 19.9 Å². The summed E-state index contributed by atoms with van der Waals surface area (Å²) in [6, 6.07) is 0. The van der Waals surface area contributed by atoms with E-state index in [1.807, 2.05) is 21.1 Å². The summed E-state index contributed by atoms with van der Waals surface area (Å²) in [7, 11) is 4.11. The van der Waals surface area contributed by atoms with Crippen molar-refractivity contribution in [3.05, 3.63) is 0 Å². The average molecular weight is 190 g/mol. The van der Waals surface area contributed by atoms with Crippen molar-refractivity contribution in [2.75, 3.05) is 27.7 Å². The molecule has 0 aromatic carbocycles. The monoisotopic (exact) mass is 190 g/mol. The molecular formula is C7H22N4Si. The van der Waals surface area contributed by atoms with Crippen molar-refractivity contribution >= 4 is 8.72 Å². The average Bonchev–Trinajstić information content (AvgIpc) is 2.08. The fourth-order valence-corrected chi connectivity index (χ4v) is 2.99. The molecular weight excluding hydrogens is 168 g/mol. The molecule has 0 heterocycles. The van der Waals surface area contributed by atoms with Crippen LogP contribution in [0.25, 0.3) is 0 Å². The minimum absolute atomic E-state index is 0.673. The maximum absolute atomic E-state index is 3.49. The zero-order chi connectivity index (χ0) is 9.61. The molecule has 5 heteroatoms. The van der Waals surface area contributed by atoms with Crippen LogP contribution in [-0.4, -0.2) is 36.4 Å². The van der Waals surface area contributed by atoms with Gasteiger partial charge in [-0.15, -0.1) is 0 Å². The van der Waals surface area contributed by atoms with Crippen molar-refractivity contribution in [3.8, 4) is 0 Å². The Morgan fingerprint density at radius 3 is 1.67 bits per heavy atom. The van der Waals surface area contributed by atoms with Crippen LogP contribution in [0.3, 0.4) is 0 Å². The number of hydrogen-bond acceptors (Lipinski definition) is 4. The fraction of sp³-hybridized carbons (Fsp3) is 1.00. The summed E-state index contributed by atoms with van der Waals surface area (Å²) in [5.41, 5.74) is 0. The van der Waals surface area contributed by atoms with Gasteiger partial charge in [0.25, 0.3) is 0 Å². The topological polar surface area (TPSA) is 48.1 Å². The molecule has 0 spiro atoms. The van der Waals surface area contributed by atoms with E-state index in [0.29, 0.717) is 5.92 Å². The van der Waals surface area contributed by atoms with E-state index in [2.05, 4.69) is 33.8 Å². The second-order valence-electron chi connectivity index (χ2n) is 3.27. The molecule has 0 aromatic heterocycles. The molecule has 0 amide bonds. The van der Waals surface area contributed by atoms with Crippen LogP contribution in [0.2, 0.25) is 0 Å². The zero-order valence-corrected chi connectivity index (χ0v) is 9.78. The minimum atomic E-state index is -1.78. The lowest BCUT2D eigenvalue weighted by atomic mass is 10.2. The van der Waals surface area contributed by atoms with Crippen molar-refractivity contribution < 1.29 is 0 Å². The third-order valence-corrected chi connectivity index (χ3v) is 4.88. The molecule has 0 atom stereocenters. The molecule has 0 fully saturated rings. The van der Waals surface area contributed by atoms with E-state index in [0.717, 1.165) is 6.54 Å². The van der Waals surface area contributed by atoms with Gasteiger partial charge in [-0.3, -0.25) is 0 Å². The van der Waals surface area contributed by atoms with Crippen LogP contribution in [0.1, 0.15) is 13.8 Å². The second kappa shape index (κ2) is 5.66. The first kappa shape index (κ1) is 12.1. The predicted octanol–water partition coefficient (Wildman–Crippen LogP) is -0.674. The lowest BCUT2D eigenvalue weighted by molar-refractivity contribution is 0.604. The van der Waals surface area contributed by atoms with Gasteiger partial charge in [0.1, 0.15) is 0 Å². The first-order chi connectivity index (χ1) is 5.60. The van der Waals surface area contributed by atoms with Gasteiger partial charge in [-0.05, 0) is 33.6 Å². The fourth-order valence-electron chi connectivity index (χ4n) is 0.997. The van der Waals surface area contributed by atoms with Crippen LogP contribution in [0.4, 0.5) is 0 Å². The largest absolute Gasteiger partial charge is 0.365 e. The summed E-state index contributed by atoms with van der Waals surface area (Å²) in [5, 5.41) is 0. The minimum Gasteiger partial charge on any atom is -0.303 e. The highest BCUT2D eigenvalue weighted by molar-refractivity contribution is 6.69. The molecule has 0 saturated heterocycles. The molecule has 0 aromatic rings. The second-order valence-corrected chi connectivity index (χ2v) is 6.63. The van der Waals surface area contributed by atoms with E-state index >= 15 is 0 Å². The molecule has 0 radical (unpaired) electrons. The molecule has 12 heavy (non-hydrogen) atoms. The summed E-state index contributed by atoms with van der Waals surface area (Å²) in [6.07, 6.45) is 0. The Hall–Kier alpha value is 0.0569. The van der Waals surface area contributed by atoms with Gasteiger partial charge in [0, 0.05) is 0 Å². The van der Waals surface area contributed by atoms with E-state index in [1.54, 1.807) is 0 Å². The van der Waals surface area contributed by atoms with Gasteiger partial charge in [0.05, 0.1) is 0 Å². The summed E-state index contributed by atoms with van der Waals surface area (Å²) in [6.45, 7) is 5.43. The standard InChI is InChI=1S/C7H22N4Si/c1-7(2)6-11-12(8-3,9-4)10-5/h7-11H,6H2,1-5H3. The molecule has 0 bridgehead atoms. The Bertz CT molecular complexity index is 106. The first-order valence-corrected chi connectivity index (χ1v) is 6.42. The van der Waals surface area contributed by atoms with Gasteiger partial charge in [0.2, 0.25) is 0 Å². The first-order valence-electron chi connectivity index (χ1n) is 4.42. The van der Waals surface area contributed by atoms with E-state index in [1.165, 1.54) is 0 Å². The van der Waals surface area contributed by atoms with Gasteiger partial charge in [-0.1, -0.05) is 13.8 Å². The van der Waals surface area contributed by atoms with Crippen molar-refractivity contribution in [3.63, 3.8) is 0 Å². The molecule has 0 aliphatic heterocycles. The van der Waals surface area contributed by atoms with Crippen LogP contribution in [0, 0.1) is 5.92 Å². The third kappa shape index (κ3) is 3.64. The highest BCUT2D eigenvalue weighted by Gasteiger charge is 2.28. The van der Waals surface area contributed by atoms with Crippen molar-refractivity contribution in [2.45, 2.75) is 13.8 Å². The Kier molecular flexibility index (Phi) is 5.69. The van der Waals surface area contributed by atoms with Crippen LogP contribution in [0.5, 0.6) is 0 Å². The Labute approximate surface area is 76.8 Å². The molecule has 0 saturated carbocycles. The van der Waals surface area contributed by atoms with Gasteiger partial charge in [-0.2, -0.15) is 0 Å². The Morgan fingerprint density at radius 1 is 1.00 bits per heavy atom. The summed E-state index contributed by atoms with van der Waals surface area (Å²) < 4.78 is 0. The zero-order valence-electron chi connectivity index (χ0n) is 8.78. The smallest absolute Gasteiger partial charge is 0.303 e. The van der Waals surface area contributed by atoms with Crippen molar-refractivity contribution in [1.29, 1.82) is 0 Å². The van der Waals surface area contributed by atoms with E-state index in [-0.39, 0.29) is 0 Å². The lowest BCUT2D eigenvalue weighted by Crippen LogP contribution is -2.78. The van der Waals surface area contributed by atoms with E-state index < -0.39 is 8.72 Å². The van der Waals surface area contributed by atoms with Gasteiger partial charge >= 0.3 is 8.72 Å². The maximum atomic E-state index is 3.49. The SMILES string of the molecule is CN[Si](NC)(NC)NCC(C)C. The van der Waals surface area contributed by atoms with Gasteiger partial charge in [-0.25, -0.2) is 0 Å². The van der Waals surface area contributed by atoms with E-state index in [4.69, 9.17) is 0 Å². The van der Waals surface area contributed by atoms with E-state index in [9.17, 15) is 0 Å². The van der Waals surface area contributed by atoms with Crippen LogP contribution in [0.15, 0.2) is 0 Å². The molecule has 4 nitrogen and oxygen atoms in total. The van der Waals surface area contributed by atoms with Gasteiger partial charge < -0.3 is 19.9 Å². The highest BCUT2D eigenvalue weighted by atomic mass is 28.4. The molecule has 74 valence electrons.